The molecule has 0 aliphatic heterocycles. The predicted molar refractivity (Wildman–Crippen MR) is 105 cm³/mol. The summed E-state index contributed by atoms with van der Waals surface area (Å²) in [5.74, 6) is -0.762. The number of carbonyl (C=O) groups is 3. The van der Waals surface area contributed by atoms with Gasteiger partial charge in [-0.05, 0) is 44.4 Å². The highest BCUT2D eigenvalue weighted by Gasteiger charge is 2.18. The highest BCUT2D eigenvalue weighted by Crippen LogP contribution is 2.18. The molecular weight excluding hydrogens is 358 g/mol. The zero-order chi connectivity index (χ0) is 20.5. The fourth-order valence-electron chi connectivity index (χ4n) is 2.67. The summed E-state index contributed by atoms with van der Waals surface area (Å²) in [6, 6.07) is 14.3. The molecule has 0 spiro atoms. The Balaban J connectivity index is 1.78. The van der Waals surface area contributed by atoms with E-state index in [-0.39, 0.29) is 12.4 Å². The largest absolute Gasteiger partial charge is 0.482 e. The van der Waals surface area contributed by atoms with Gasteiger partial charge >= 0.3 is 5.97 Å². The summed E-state index contributed by atoms with van der Waals surface area (Å²) in [6.07, 6.45) is 0.381. The van der Waals surface area contributed by atoms with E-state index in [0.717, 1.165) is 16.7 Å². The first kappa shape index (κ1) is 21.2. The first-order valence-corrected chi connectivity index (χ1v) is 9.04. The Kier molecular flexibility index (Phi) is 7.75. The second-order valence-corrected chi connectivity index (χ2v) is 6.64. The van der Waals surface area contributed by atoms with Gasteiger partial charge in [0.05, 0.1) is 6.04 Å². The molecule has 6 heteroatoms. The van der Waals surface area contributed by atoms with Gasteiger partial charge in [0.25, 0.3) is 5.91 Å². The zero-order valence-corrected chi connectivity index (χ0v) is 16.4. The van der Waals surface area contributed by atoms with Crippen molar-refractivity contribution in [3.05, 3.63) is 65.2 Å². The van der Waals surface area contributed by atoms with Crippen molar-refractivity contribution < 1.29 is 23.9 Å². The van der Waals surface area contributed by atoms with Crippen molar-refractivity contribution in [2.75, 3.05) is 13.2 Å². The van der Waals surface area contributed by atoms with E-state index in [4.69, 9.17) is 9.47 Å². The van der Waals surface area contributed by atoms with Gasteiger partial charge in [-0.3, -0.25) is 9.59 Å². The summed E-state index contributed by atoms with van der Waals surface area (Å²) < 4.78 is 10.4. The van der Waals surface area contributed by atoms with Gasteiger partial charge in [0.15, 0.2) is 19.0 Å². The van der Waals surface area contributed by atoms with Crippen LogP contribution in [-0.2, 0) is 25.5 Å². The Hall–Kier alpha value is -3.15. The molecule has 0 aromatic heterocycles. The number of hydrogen-bond donors (Lipinski definition) is 1. The molecule has 28 heavy (non-hydrogen) atoms. The number of aryl methyl sites for hydroxylation is 2. The maximum Gasteiger partial charge on any atom is 0.344 e. The number of amides is 1. The van der Waals surface area contributed by atoms with Crippen molar-refractivity contribution in [1.29, 1.82) is 0 Å². The number of hydrogen-bond acceptors (Lipinski definition) is 5. The Bertz CT molecular complexity index is 832. The fourth-order valence-corrected chi connectivity index (χ4v) is 2.67. The van der Waals surface area contributed by atoms with E-state index in [1.54, 1.807) is 6.07 Å². The van der Waals surface area contributed by atoms with Gasteiger partial charge in [-0.15, -0.1) is 0 Å². The molecule has 2 rings (SSSR count). The minimum Gasteiger partial charge on any atom is -0.482 e. The van der Waals surface area contributed by atoms with E-state index >= 15 is 0 Å². The molecule has 148 valence electrons. The fraction of sp³-hybridized carbons (Fsp3) is 0.318. The Morgan fingerprint density at radius 1 is 1.00 bits per heavy atom. The van der Waals surface area contributed by atoms with E-state index in [1.165, 1.54) is 6.92 Å². The van der Waals surface area contributed by atoms with Gasteiger partial charge in [-0.25, -0.2) is 4.79 Å². The first-order valence-electron chi connectivity index (χ1n) is 9.04. The zero-order valence-electron chi connectivity index (χ0n) is 16.4. The molecular formula is C22H25NO5. The van der Waals surface area contributed by atoms with Crippen LogP contribution in [0.15, 0.2) is 48.5 Å². The third-order valence-corrected chi connectivity index (χ3v) is 4.15. The molecule has 0 saturated heterocycles. The van der Waals surface area contributed by atoms with Crippen molar-refractivity contribution in [2.24, 2.45) is 0 Å². The van der Waals surface area contributed by atoms with Crippen molar-refractivity contribution in [3.8, 4) is 5.75 Å². The van der Waals surface area contributed by atoms with Gasteiger partial charge in [-0.1, -0.05) is 48.0 Å². The lowest BCUT2D eigenvalue weighted by atomic mass is 10.0. The Morgan fingerprint density at radius 3 is 2.36 bits per heavy atom. The summed E-state index contributed by atoms with van der Waals surface area (Å²) in [6.45, 7) is 4.51. The molecule has 0 fully saturated rings. The van der Waals surface area contributed by atoms with Crippen LogP contribution in [0.5, 0.6) is 5.75 Å². The molecule has 1 atom stereocenters. The van der Waals surface area contributed by atoms with E-state index in [0.29, 0.717) is 12.2 Å². The lowest BCUT2D eigenvalue weighted by Crippen LogP contribution is -2.43. The van der Waals surface area contributed by atoms with E-state index in [9.17, 15) is 14.4 Å². The van der Waals surface area contributed by atoms with Crippen molar-refractivity contribution in [2.45, 2.75) is 33.2 Å². The van der Waals surface area contributed by atoms with Crippen LogP contribution >= 0.6 is 0 Å². The molecule has 0 bridgehead atoms. The highest BCUT2D eigenvalue weighted by atomic mass is 16.6. The summed E-state index contributed by atoms with van der Waals surface area (Å²) in [5.41, 5.74) is 2.94. The highest BCUT2D eigenvalue weighted by molar-refractivity contribution is 5.88. The molecule has 0 radical (unpaired) electrons. The third kappa shape index (κ3) is 6.87. The van der Waals surface area contributed by atoms with Crippen molar-refractivity contribution in [1.82, 2.24) is 5.32 Å². The van der Waals surface area contributed by atoms with Crippen LogP contribution in [0.2, 0.25) is 0 Å². The number of rotatable bonds is 9. The number of carbonyl (C=O) groups excluding carboxylic acids is 3. The molecule has 0 aliphatic carbocycles. The van der Waals surface area contributed by atoms with Gasteiger partial charge in [0, 0.05) is 0 Å². The van der Waals surface area contributed by atoms with E-state index in [2.05, 4.69) is 5.32 Å². The number of ketones is 1. The summed E-state index contributed by atoms with van der Waals surface area (Å²) in [7, 11) is 0. The molecule has 1 N–H and O–H groups in total. The first-order chi connectivity index (χ1) is 13.3. The molecule has 0 heterocycles. The van der Waals surface area contributed by atoms with Crippen LogP contribution in [0.4, 0.5) is 0 Å². The minimum absolute atomic E-state index is 0.165. The maximum atomic E-state index is 12.0. The molecule has 6 nitrogen and oxygen atoms in total. The van der Waals surface area contributed by atoms with Crippen LogP contribution in [-0.4, -0.2) is 36.9 Å². The molecule has 0 saturated carbocycles. The number of ether oxygens (including phenoxy) is 2. The van der Waals surface area contributed by atoms with Crippen LogP contribution < -0.4 is 10.1 Å². The minimum atomic E-state index is -0.667. The molecule has 2 aromatic carbocycles. The average Bonchev–Trinajstić information content (AvgIpc) is 2.66. The van der Waals surface area contributed by atoms with Gasteiger partial charge < -0.3 is 14.8 Å². The van der Waals surface area contributed by atoms with Crippen LogP contribution in [0, 0.1) is 13.8 Å². The Morgan fingerprint density at radius 2 is 1.71 bits per heavy atom. The van der Waals surface area contributed by atoms with Crippen molar-refractivity contribution in [3.63, 3.8) is 0 Å². The third-order valence-electron chi connectivity index (χ3n) is 4.15. The normalized spacial score (nSPS) is 11.4. The van der Waals surface area contributed by atoms with Gasteiger partial charge in [0.1, 0.15) is 5.75 Å². The second kappa shape index (κ2) is 10.3. The summed E-state index contributed by atoms with van der Waals surface area (Å²) >= 11 is 0. The number of nitrogens with one attached hydrogen (secondary N) is 1. The lowest BCUT2D eigenvalue weighted by molar-refractivity contribution is -0.150. The summed E-state index contributed by atoms with van der Waals surface area (Å²) in [5, 5.41) is 2.60. The predicted octanol–water partition coefficient (Wildman–Crippen LogP) is 2.54. The van der Waals surface area contributed by atoms with Crippen LogP contribution in [0.25, 0.3) is 0 Å². The SMILES string of the molecule is CC(=O)[C@H](Cc1ccccc1)NC(=O)COC(=O)COc1ccc(C)cc1C. The maximum absolute atomic E-state index is 12.0. The van der Waals surface area contributed by atoms with E-state index in [1.807, 2.05) is 56.3 Å². The number of benzene rings is 2. The average molecular weight is 383 g/mol. The van der Waals surface area contributed by atoms with Crippen molar-refractivity contribution >= 4 is 17.7 Å². The number of esters is 1. The molecule has 0 aliphatic rings. The summed E-state index contributed by atoms with van der Waals surface area (Å²) in [4.78, 5) is 35.6. The molecule has 2 aromatic rings. The van der Waals surface area contributed by atoms with Gasteiger partial charge in [0.2, 0.25) is 0 Å². The van der Waals surface area contributed by atoms with Crippen LogP contribution in [0.1, 0.15) is 23.6 Å². The van der Waals surface area contributed by atoms with E-state index < -0.39 is 24.5 Å². The molecule has 1 amide bonds. The Labute approximate surface area is 164 Å². The smallest absolute Gasteiger partial charge is 0.344 e. The molecule has 0 unspecified atom stereocenters. The monoisotopic (exact) mass is 383 g/mol. The lowest BCUT2D eigenvalue weighted by Gasteiger charge is -2.16. The topological polar surface area (TPSA) is 81.7 Å². The van der Waals surface area contributed by atoms with Gasteiger partial charge in [-0.2, -0.15) is 0 Å². The second-order valence-electron chi connectivity index (χ2n) is 6.64. The number of Topliss-reactive ketones (excluding diaryl/α,β-unsaturated/α-hetero) is 1. The standard InChI is InChI=1S/C22H25NO5/c1-15-9-10-20(16(2)11-15)27-14-22(26)28-13-21(25)23-19(17(3)24)12-18-7-5-4-6-8-18/h4-11,19H,12-14H2,1-3H3,(H,23,25)/t19-/m0/s1. The quantitative estimate of drug-likeness (QED) is 0.673. The van der Waals surface area contributed by atoms with Crippen LogP contribution in [0.3, 0.4) is 0 Å².